The van der Waals surface area contributed by atoms with Crippen LogP contribution in [0.5, 0.6) is 0 Å². The Morgan fingerprint density at radius 2 is 1.94 bits per heavy atom. The van der Waals surface area contributed by atoms with Crippen molar-refractivity contribution in [3.05, 3.63) is 41.5 Å². The molecule has 1 rings (SSSR count). The van der Waals surface area contributed by atoms with Gasteiger partial charge in [0.15, 0.2) is 0 Å². The molecular weight excluding hydrogens is 236 g/mol. The molecule has 0 fully saturated rings. The maximum Gasteiger partial charge on any atom is 0.338 e. The molecule has 0 amide bonds. The zero-order valence-electron chi connectivity index (χ0n) is 10.0. The van der Waals surface area contributed by atoms with Gasteiger partial charge in [-0.25, -0.2) is 9.59 Å². The third-order valence-corrected chi connectivity index (χ3v) is 2.71. The van der Waals surface area contributed by atoms with Crippen molar-refractivity contribution in [3.63, 3.8) is 0 Å². The number of carbonyl (C=O) groups excluding carboxylic acids is 2. The van der Waals surface area contributed by atoms with Crippen LogP contribution in [0.1, 0.15) is 11.1 Å². The van der Waals surface area contributed by atoms with Gasteiger partial charge < -0.3 is 9.16 Å². The van der Waals surface area contributed by atoms with Crippen molar-refractivity contribution in [2.45, 2.75) is 6.92 Å². The van der Waals surface area contributed by atoms with E-state index in [4.69, 9.17) is 0 Å². The summed E-state index contributed by atoms with van der Waals surface area (Å²) in [5, 5.41) is 0. The predicted octanol–water partition coefficient (Wildman–Crippen LogP) is 0.375. The lowest BCUT2D eigenvalue weighted by Gasteiger charge is -2.08. The molecule has 0 unspecified atom stereocenters. The average molecular weight is 250 g/mol. The highest BCUT2D eigenvalue weighted by Gasteiger charge is 2.15. The molecule has 0 spiro atoms. The number of hydrogen-bond acceptors (Lipinski definition) is 4. The van der Waals surface area contributed by atoms with E-state index in [2.05, 4.69) is 9.16 Å². The summed E-state index contributed by atoms with van der Waals surface area (Å²) >= 11 is 0. The van der Waals surface area contributed by atoms with Crippen LogP contribution in [0.15, 0.2) is 30.3 Å². The Morgan fingerprint density at radius 1 is 1.29 bits per heavy atom. The molecule has 0 saturated heterocycles. The standard InChI is InChI=1S/C12H14O4Si/c1-8-5-3-4-6-9(8)10(12(14)15-2)7-11(13)16-17/h3-7H,1-2,17H3/b10-7+. The number of benzene rings is 1. The Kier molecular flexibility index (Phi) is 4.65. The molecule has 0 saturated carbocycles. The van der Waals surface area contributed by atoms with Gasteiger partial charge >= 0.3 is 11.9 Å². The molecule has 0 N–H and O–H groups in total. The van der Waals surface area contributed by atoms with Crippen molar-refractivity contribution >= 4 is 28.0 Å². The van der Waals surface area contributed by atoms with E-state index in [9.17, 15) is 9.59 Å². The van der Waals surface area contributed by atoms with Crippen LogP contribution < -0.4 is 0 Å². The highest BCUT2D eigenvalue weighted by molar-refractivity contribution is 6.22. The van der Waals surface area contributed by atoms with Gasteiger partial charge in [0.1, 0.15) is 0 Å². The topological polar surface area (TPSA) is 52.6 Å². The van der Waals surface area contributed by atoms with Gasteiger partial charge in [-0.2, -0.15) is 0 Å². The number of methoxy groups -OCH3 is 1. The molecule has 17 heavy (non-hydrogen) atoms. The van der Waals surface area contributed by atoms with Crippen LogP contribution in [0.25, 0.3) is 5.57 Å². The van der Waals surface area contributed by atoms with Gasteiger partial charge in [-0.05, 0) is 18.1 Å². The van der Waals surface area contributed by atoms with Crippen LogP contribution in [0.2, 0.25) is 0 Å². The SMILES string of the molecule is COC(=O)/C(=C/C(=O)O[SiH3])c1ccccc1C. The van der Waals surface area contributed by atoms with E-state index in [1.165, 1.54) is 13.2 Å². The van der Waals surface area contributed by atoms with Gasteiger partial charge in [-0.3, -0.25) is 0 Å². The molecule has 5 heteroatoms. The maximum atomic E-state index is 11.6. The second-order valence-electron chi connectivity index (χ2n) is 3.39. The van der Waals surface area contributed by atoms with Crippen LogP contribution >= 0.6 is 0 Å². The third kappa shape index (κ3) is 3.29. The fourth-order valence-corrected chi connectivity index (χ4v) is 1.53. The molecule has 0 aliphatic carbocycles. The highest BCUT2D eigenvalue weighted by atomic mass is 28.2. The summed E-state index contributed by atoms with van der Waals surface area (Å²) in [6.45, 7) is 1.86. The first-order valence-corrected chi connectivity index (χ1v) is 5.85. The summed E-state index contributed by atoms with van der Waals surface area (Å²) < 4.78 is 9.32. The number of rotatable bonds is 3. The van der Waals surface area contributed by atoms with E-state index in [1.807, 2.05) is 19.1 Å². The molecule has 0 radical (unpaired) electrons. The van der Waals surface area contributed by atoms with E-state index in [1.54, 1.807) is 12.1 Å². The molecule has 0 aliphatic rings. The van der Waals surface area contributed by atoms with Crippen molar-refractivity contribution < 1.29 is 18.8 Å². The number of aryl methyl sites for hydroxylation is 1. The maximum absolute atomic E-state index is 11.6. The average Bonchev–Trinajstić information content (AvgIpc) is 2.35. The van der Waals surface area contributed by atoms with Crippen LogP contribution in [0.3, 0.4) is 0 Å². The Labute approximate surface area is 103 Å². The van der Waals surface area contributed by atoms with E-state index in [0.717, 1.165) is 5.56 Å². The monoisotopic (exact) mass is 250 g/mol. The molecule has 1 aromatic rings. The molecular formula is C12H14O4Si. The summed E-state index contributed by atoms with van der Waals surface area (Å²) in [5.74, 6) is -1.08. The Bertz CT molecular complexity index is 465. The lowest BCUT2D eigenvalue weighted by atomic mass is 10.0. The van der Waals surface area contributed by atoms with Gasteiger partial charge in [0.2, 0.25) is 10.5 Å². The number of ether oxygens (including phenoxy) is 1. The van der Waals surface area contributed by atoms with Crippen LogP contribution in [-0.4, -0.2) is 29.5 Å². The van der Waals surface area contributed by atoms with Crippen LogP contribution in [0.4, 0.5) is 0 Å². The molecule has 4 nitrogen and oxygen atoms in total. The second-order valence-corrected chi connectivity index (χ2v) is 3.80. The van der Waals surface area contributed by atoms with Crippen molar-refractivity contribution in [2.75, 3.05) is 7.11 Å². The number of hydrogen-bond donors (Lipinski definition) is 0. The van der Waals surface area contributed by atoms with Crippen molar-refractivity contribution in [1.29, 1.82) is 0 Å². The van der Waals surface area contributed by atoms with Crippen molar-refractivity contribution in [2.24, 2.45) is 0 Å². The lowest BCUT2D eigenvalue weighted by molar-refractivity contribution is -0.134. The van der Waals surface area contributed by atoms with Gasteiger partial charge in [0.05, 0.1) is 12.7 Å². The molecule has 0 heterocycles. The first-order chi connectivity index (χ1) is 8.10. The zero-order chi connectivity index (χ0) is 12.8. The van der Waals surface area contributed by atoms with Gasteiger partial charge in [0, 0.05) is 6.08 Å². The normalized spacial score (nSPS) is 11.1. The van der Waals surface area contributed by atoms with E-state index >= 15 is 0 Å². The summed E-state index contributed by atoms with van der Waals surface area (Å²) in [4.78, 5) is 22.9. The van der Waals surface area contributed by atoms with Gasteiger partial charge in [0.25, 0.3) is 0 Å². The predicted molar refractivity (Wildman–Crippen MR) is 67.2 cm³/mol. The largest absolute Gasteiger partial charge is 0.526 e. The minimum atomic E-state index is -0.550. The van der Waals surface area contributed by atoms with Gasteiger partial charge in [-0.15, -0.1) is 0 Å². The first kappa shape index (κ1) is 13.2. The minimum Gasteiger partial charge on any atom is -0.526 e. The highest BCUT2D eigenvalue weighted by Crippen LogP contribution is 2.19. The smallest absolute Gasteiger partial charge is 0.338 e. The molecule has 0 aliphatic heterocycles. The van der Waals surface area contributed by atoms with Crippen molar-refractivity contribution in [3.8, 4) is 0 Å². The summed E-state index contributed by atoms with van der Waals surface area (Å²) in [7, 11) is 1.57. The first-order valence-electron chi connectivity index (χ1n) is 5.04. The van der Waals surface area contributed by atoms with E-state index in [0.29, 0.717) is 5.56 Å². The van der Waals surface area contributed by atoms with Gasteiger partial charge in [-0.1, -0.05) is 24.3 Å². The second kappa shape index (κ2) is 6.00. The Morgan fingerprint density at radius 3 is 2.47 bits per heavy atom. The molecule has 0 atom stereocenters. The molecule has 0 aromatic heterocycles. The molecule has 0 bridgehead atoms. The van der Waals surface area contributed by atoms with E-state index in [-0.39, 0.29) is 16.1 Å². The Balaban J connectivity index is 3.25. The summed E-state index contributed by atoms with van der Waals surface area (Å²) in [5.41, 5.74) is 1.78. The summed E-state index contributed by atoms with van der Waals surface area (Å²) in [6.07, 6.45) is 1.17. The third-order valence-electron chi connectivity index (χ3n) is 2.30. The van der Waals surface area contributed by atoms with Crippen LogP contribution in [-0.2, 0) is 18.8 Å². The van der Waals surface area contributed by atoms with E-state index < -0.39 is 11.9 Å². The number of carbonyl (C=O) groups is 2. The minimum absolute atomic E-state index is 0.214. The van der Waals surface area contributed by atoms with Crippen molar-refractivity contribution in [1.82, 2.24) is 0 Å². The molecule has 90 valence electrons. The molecule has 1 aromatic carbocycles. The summed E-state index contributed by atoms with van der Waals surface area (Å²) in [6, 6.07) is 7.28. The van der Waals surface area contributed by atoms with Crippen LogP contribution in [0, 0.1) is 6.92 Å². The Hall–Kier alpha value is -1.88. The lowest BCUT2D eigenvalue weighted by Crippen LogP contribution is -2.08. The number of esters is 1. The quantitative estimate of drug-likeness (QED) is 0.442. The fourth-order valence-electron chi connectivity index (χ4n) is 1.41. The zero-order valence-corrected chi connectivity index (χ0v) is 12.0. The fraction of sp³-hybridized carbons (Fsp3) is 0.167.